The number of alkyl halides is 3. The molecule has 204 valence electrons. The molecule has 1 saturated heterocycles. The van der Waals surface area contributed by atoms with E-state index in [0.717, 1.165) is 49.6 Å². The first-order valence-electron chi connectivity index (χ1n) is 11.8. The van der Waals surface area contributed by atoms with Crippen molar-refractivity contribution in [2.24, 2.45) is 0 Å². The van der Waals surface area contributed by atoms with Crippen LogP contribution < -0.4 is 14.4 Å². The summed E-state index contributed by atoms with van der Waals surface area (Å²) in [6, 6.07) is 14.0. The van der Waals surface area contributed by atoms with Gasteiger partial charge in [0.15, 0.2) is 0 Å². The molecule has 10 heteroatoms. The minimum absolute atomic E-state index is 0. The van der Waals surface area contributed by atoms with Crippen LogP contribution in [0.15, 0.2) is 48.5 Å². The summed E-state index contributed by atoms with van der Waals surface area (Å²) in [7, 11) is 2.03. The minimum atomic E-state index is -4.67. The molecular formula is C26H37Cl2F3N2O3. The van der Waals surface area contributed by atoms with Gasteiger partial charge in [-0.05, 0) is 81.5 Å². The lowest BCUT2D eigenvalue weighted by Crippen LogP contribution is -2.46. The first-order chi connectivity index (χ1) is 16.0. The average Bonchev–Trinajstić information content (AvgIpc) is 2.77. The maximum atomic E-state index is 12.3. The number of hydrogen-bond acceptors (Lipinski definition) is 5. The van der Waals surface area contributed by atoms with Gasteiger partial charge in [0, 0.05) is 38.9 Å². The molecule has 1 aliphatic rings. The number of rotatable bonds is 10. The van der Waals surface area contributed by atoms with E-state index in [1.165, 1.54) is 12.1 Å². The second-order valence-corrected chi connectivity index (χ2v) is 9.34. The van der Waals surface area contributed by atoms with Gasteiger partial charge in [-0.3, -0.25) is 0 Å². The largest absolute Gasteiger partial charge is 0.573 e. The molecule has 0 aliphatic carbocycles. The van der Waals surface area contributed by atoms with Crippen LogP contribution in [0.5, 0.6) is 11.5 Å². The topological polar surface area (TPSA) is 45.2 Å². The molecule has 3 rings (SSSR count). The normalized spacial score (nSPS) is 15.6. The molecular weight excluding hydrogens is 516 g/mol. The molecule has 0 unspecified atom stereocenters. The molecule has 1 N–H and O–H groups in total. The van der Waals surface area contributed by atoms with Gasteiger partial charge in [0.25, 0.3) is 0 Å². The van der Waals surface area contributed by atoms with Crippen molar-refractivity contribution in [2.45, 2.75) is 57.6 Å². The highest BCUT2D eigenvalue weighted by atomic mass is 35.5. The van der Waals surface area contributed by atoms with Crippen LogP contribution >= 0.6 is 24.8 Å². The predicted molar refractivity (Wildman–Crippen MR) is 142 cm³/mol. The maximum Gasteiger partial charge on any atom is 0.573 e. The number of ether oxygens (including phenoxy) is 2. The molecule has 0 amide bonds. The van der Waals surface area contributed by atoms with Crippen LogP contribution in [0.4, 0.5) is 18.9 Å². The lowest BCUT2D eigenvalue weighted by Gasteiger charge is -2.39. The lowest BCUT2D eigenvalue weighted by atomic mass is 9.88. The molecule has 5 nitrogen and oxygen atoms in total. The van der Waals surface area contributed by atoms with Crippen molar-refractivity contribution in [3.63, 3.8) is 0 Å². The lowest BCUT2D eigenvalue weighted by molar-refractivity contribution is -0.274. The molecule has 1 heterocycles. The molecule has 2 aromatic carbocycles. The smallest absolute Gasteiger partial charge is 0.491 e. The van der Waals surface area contributed by atoms with Crippen molar-refractivity contribution in [3.8, 4) is 11.5 Å². The van der Waals surface area contributed by atoms with Crippen molar-refractivity contribution in [3.05, 3.63) is 54.1 Å². The van der Waals surface area contributed by atoms with E-state index in [2.05, 4.69) is 14.5 Å². The number of anilines is 1. The van der Waals surface area contributed by atoms with Gasteiger partial charge in [-0.2, -0.15) is 0 Å². The summed E-state index contributed by atoms with van der Waals surface area (Å²) in [4.78, 5) is 4.45. The van der Waals surface area contributed by atoms with Crippen LogP contribution in [0.25, 0.3) is 0 Å². The van der Waals surface area contributed by atoms with Crippen LogP contribution in [0.1, 0.15) is 38.7 Å². The third-order valence-corrected chi connectivity index (χ3v) is 6.22. The number of hydrogen-bond donors (Lipinski definition) is 1. The Labute approximate surface area is 224 Å². The van der Waals surface area contributed by atoms with Gasteiger partial charge in [-0.1, -0.05) is 12.1 Å². The first kappa shape index (κ1) is 32.2. The summed E-state index contributed by atoms with van der Waals surface area (Å²) in [5.41, 5.74) is 1.37. The summed E-state index contributed by atoms with van der Waals surface area (Å²) in [6.45, 7) is 7.17. The quantitative estimate of drug-likeness (QED) is 0.385. The van der Waals surface area contributed by atoms with Gasteiger partial charge in [0.2, 0.25) is 0 Å². The Hall–Kier alpha value is -1.87. The van der Waals surface area contributed by atoms with Gasteiger partial charge < -0.3 is 24.4 Å². The zero-order valence-electron chi connectivity index (χ0n) is 21.0. The molecule has 0 aromatic heterocycles. The van der Waals surface area contributed by atoms with Crippen molar-refractivity contribution in [1.82, 2.24) is 4.90 Å². The van der Waals surface area contributed by atoms with Gasteiger partial charge >= 0.3 is 6.36 Å². The summed E-state index contributed by atoms with van der Waals surface area (Å²) in [5.74, 6) is 0.646. The van der Waals surface area contributed by atoms with E-state index in [9.17, 15) is 18.3 Å². The van der Waals surface area contributed by atoms with E-state index in [-0.39, 0.29) is 36.7 Å². The van der Waals surface area contributed by atoms with E-state index in [1.54, 1.807) is 12.1 Å². The van der Waals surface area contributed by atoms with E-state index >= 15 is 0 Å². The van der Waals surface area contributed by atoms with E-state index in [4.69, 9.17) is 4.74 Å². The second kappa shape index (κ2) is 14.2. The van der Waals surface area contributed by atoms with Gasteiger partial charge in [0.05, 0.1) is 11.7 Å². The fourth-order valence-corrected chi connectivity index (χ4v) is 4.14. The molecule has 0 saturated carbocycles. The number of piperidine rings is 1. The fourth-order valence-electron chi connectivity index (χ4n) is 4.14. The van der Waals surface area contributed by atoms with Gasteiger partial charge in [0.1, 0.15) is 11.5 Å². The third-order valence-electron chi connectivity index (χ3n) is 6.22. The summed E-state index contributed by atoms with van der Waals surface area (Å²) < 4.78 is 46.4. The Morgan fingerprint density at radius 1 is 0.972 bits per heavy atom. The maximum absolute atomic E-state index is 12.3. The van der Waals surface area contributed by atoms with E-state index in [1.807, 2.05) is 45.2 Å². The van der Waals surface area contributed by atoms with Crippen molar-refractivity contribution >= 4 is 30.5 Å². The fraction of sp³-hybridized carbons (Fsp3) is 0.538. The highest BCUT2D eigenvalue weighted by Crippen LogP contribution is 2.28. The van der Waals surface area contributed by atoms with Crippen LogP contribution in [0, 0.1) is 0 Å². The number of benzene rings is 2. The zero-order valence-corrected chi connectivity index (χ0v) is 22.6. The molecule has 2 aromatic rings. The minimum Gasteiger partial charge on any atom is -0.491 e. The number of halogens is 5. The Kier molecular flexibility index (Phi) is 12.7. The van der Waals surface area contributed by atoms with Crippen LogP contribution in [0.2, 0.25) is 0 Å². The molecule has 1 aliphatic heterocycles. The van der Waals surface area contributed by atoms with Gasteiger partial charge in [-0.25, -0.2) is 0 Å². The van der Waals surface area contributed by atoms with Gasteiger partial charge in [-0.15, -0.1) is 38.0 Å². The molecule has 0 atom stereocenters. The Balaban J connectivity index is 0.00000324. The highest BCUT2D eigenvalue weighted by Gasteiger charge is 2.32. The number of likely N-dealkylation sites (tertiary alicyclic amines) is 1. The Bertz CT molecular complexity index is 889. The van der Waals surface area contributed by atoms with E-state index < -0.39 is 12.0 Å². The first-order valence-corrected chi connectivity index (χ1v) is 11.8. The number of aliphatic hydroxyl groups is 1. The SMILES string of the molecule is CC(C)Oc1ccc(N(C)CCC2(O)CCN(CCc3ccc(OC(F)(F)F)cc3)CC2)cc1.Cl.Cl. The van der Waals surface area contributed by atoms with Crippen molar-refractivity contribution in [2.75, 3.05) is 38.1 Å². The van der Waals surface area contributed by atoms with Crippen LogP contribution in [-0.2, 0) is 6.42 Å². The zero-order chi connectivity index (χ0) is 24.8. The summed E-state index contributed by atoms with van der Waals surface area (Å²) >= 11 is 0. The standard InChI is InChI=1S/C26H35F3N2O3.2ClH/c1-20(2)33-23-10-6-22(7-11-23)30(3)17-13-25(32)14-18-31(19-15-25)16-12-21-4-8-24(9-5-21)34-26(27,28)29;;/h4-11,20,32H,12-19H2,1-3H3;2*1H. The predicted octanol–water partition coefficient (Wildman–Crippen LogP) is 6.11. The highest BCUT2D eigenvalue weighted by molar-refractivity contribution is 5.85. The molecule has 0 radical (unpaired) electrons. The van der Waals surface area contributed by atoms with Crippen molar-refractivity contribution < 1.29 is 27.8 Å². The summed E-state index contributed by atoms with van der Waals surface area (Å²) in [6.07, 6.45) is -1.68. The average molecular weight is 553 g/mol. The van der Waals surface area contributed by atoms with Crippen molar-refractivity contribution in [1.29, 1.82) is 0 Å². The van der Waals surface area contributed by atoms with Crippen LogP contribution in [0.3, 0.4) is 0 Å². The Morgan fingerprint density at radius 3 is 2.06 bits per heavy atom. The summed E-state index contributed by atoms with van der Waals surface area (Å²) in [5, 5.41) is 11.1. The van der Waals surface area contributed by atoms with Crippen LogP contribution in [-0.4, -0.2) is 61.3 Å². The molecule has 36 heavy (non-hydrogen) atoms. The molecule has 0 bridgehead atoms. The third kappa shape index (κ3) is 10.6. The monoisotopic (exact) mass is 552 g/mol. The molecule has 0 spiro atoms. The Morgan fingerprint density at radius 2 is 1.53 bits per heavy atom. The molecule has 1 fully saturated rings. The van der Waals surface area contributed by atoms with E-state index in [0.29, 0.717) is 19.3 Å². The second-order valence-electron chi connectivity index (χ2n) is 9.34. The number of nitrogens with zero attached hydrogens (tertiary/aromatic N) is 2.